The highest BCUT2D eigenvalue weighted by Crippen LogP contribution is 2.47. The highest BCUT2D eigenvalue weighted by Gasteiger charge is 2.23. The van der Waals surface area contributed by atoms with E-state index in [1.807, 2.05) is 60.7 Å². The highest BCUT2D eigenvalue weighted by molar-refractivity contribution is 6.10. The van der Waals surface area contributed by atoms with Crippen LogP contribution in [0.1, 0.15) is 18.1 Å². The van der Waals surface area contributed by atoms with Crippen molar-refractivity contribution < 1.29 is 19.8 Å². The van der Waals surface area contributed by atoms with Gasteiger partial charge in [-0.25, -0.2) is 0 Å². The minimum Gasteiger partial charge on any atom is -0.507 e. The molecule has 3 N–H and O–H groups in total. The lowest BCUT2D eigenvalue weighted by atomic mass is 9.87. The normalized spacial score (nSPS) is 11.9. The van der Waals surface area contributed by atoms with Gasteiger partial charge in [0.1, 0.15) is 17.8 Å². The summed E-state index contributed by atoms with van der Waals surface area (Å²) in [5, 5.41) is 28.7. The maximum atomic E-state index is 11.6. The number of phenolic OH excluding ortho intramolecular Hbond substituents is 2. The van der Waals surface area contributed by atoms with Gasteiger partial charge in [-0.05, 0) is 51.2 Å². The van der Waals surface area contributed by atoms with Crippen molar-refractivity contribution in [1.29, 1.82) is 0 Å². The van der Waals surface area contributed by atoms with Crippen LogP contribution >= 0.6 is 0 Å². The average molecular weight is 440 g/mol. The topological polar surface area (TPSA) is 86.6 Å². The van der Waals surface area contributed by atoms with Crippen molar-refractivity contribution in [2.45, 2.75) is 25.8 Å². The van der Waals surface area contributed by atoms with Crippen LogP contribution in [0.15, 0.2) is 73.3 Å². The van der Waals surface area contributed by atoms with E-state index < -0.39 is 6.04 Å². The Bertz CT molecular complexity index is 1390. The van der Waals surface area contributed by atoms with Crippen LogP contribution in [0, 0.1) is 0 Å². The lowest BCUT2D eigenvalue weighted by molar-refractivity contribution is -0.122. The van der Waals surface area contributed by atoms with Crippen molar-refractivity contribution in [2.75, 3.05) is 0 Å². The molecule has 5 nitrogen and oxygen atoms in total. The van der Waals surface area contributed by atoms with Crippen molar-refractivity contribution >= 4 is 33.7 Å². The summed E-state index contributed by atoms with van der Waals surface area (Å²) in [5.41, 5.74) is 2.24. The summed E-state index contributed by atoms with van der Waals surface area (Å²) in [6.45, 7) is 5.14. The van der Waals surface area contributed by atoms with Gasteiger partial charge in [-0.15, -0.1) is 6.58 Å². The van der Waals surface area contributed by atoms with E-state index in [9.17, 15) is 19.8 Å². The van der Waals surface area contributed by atoms with Crippen molar-refractivity contribution in [3.63, 3.8) is 0 Å². The van der Waals surface area contributed by atoms with Crippen LogP contribution in [0.25, 0.3) is 32.7 Å². The summed E-state index contributed by atoms with van der Waals surface area (Å²) in [5.74, 6) is -0.268. The van der Waals surface area contributed by atoms with Gasteiger partial charge in [-0.2, -0.15) is 0 Å². The van der Waals surface area contributed by atoms with E-state index in [0.717, 1.165) is 21.5 Å². The Kier molecular flexibility index (Phi) is 6.13. The van der Waals surface area contributed by atoms with Crippen LogP contribution < -0.4 is 5.32 Å². The van der Waals surface area contributed by atoms with Crippen LogP contribution in [0.5, 0.6) is 11.5 Å². The van der Waals surface area contributed by atoms with Crippen molar-refractivity contribution in [3.05, 3.63) is 84.4 Å². The Hall–Kier alpha value is -4.12. The summed E-state index contributed by atoms with van der Waals surface area (Å²) in [7, 11) is 0. The van der Waals surface area contributed by atoms with E-state index in [-0.39, 0.29) is 23.8 Å². The molecule has 166 valence electrons. The molecule has 0 heterocycles. The van der Waals surface area contributed by atoms with Crippen LogP contribution in [-0.2, 0) is 22.4 Å². The molecule has 0 spiro atoms. The van der Waals surface area contributed by atoms with E-state index in [1.54, 1.807) is 6.08 Å². The van der Waals surface area contributed by atoms with Crippen LogP contribution in [0.3, 0.4) is 0 Å². The largest absolute Gasteiger partial charge is 0.507 e. The summed E-state index contributed by atoms with van der Waals surface area (Å²) < 4.78 is 0. The molecule has 0 aliphatic heterocycles. The summed E-state index contributed by atoms with van der Waals surface area (Å²) >= 11 is 0. The molecule has 33 heavy (non-hydrogen) atoms. The van der Waals surface area contributed by atoms with Gasteiger partial charge in [0.15, 0.2) is 0 Å². The molecule has 1 unspecified atom stereocenters. The number of nitrogens with one attached hydrogen (secondary N) is 1. The predicted octanol–water partition coefficient (Wildman–Crippen LogP) is 5.05. The van der Waals surface area contributed by atoms with E-state index >= 15 is 0 Å². The summed E-state index contributed by atoms with van der Waals surface area (Å²) in [6.07, 6.45) is 2.98. The van der Waals surface area contributed by atoms with Gasteiger partial charge < -0.3 is 20.3 Å². The lowest BCUT2D eigenvalue weighted by Crippen LogP contribution is -2.36. The Morgan fingerprint density at radius 3 is 1.97 bits per heavy atom. The average Bonchev–Trinajstić information content (AvgIpc) is 2.80. The third-order valence-electron chi connectivity index (χ3n) is 5.81. The van der Waals surface area contributed by atoms with Gasteiger partial charge >= 0.3 is 0 Å². The molecule has 1 atom stereocenters. The number of carbonyl (C=O) groups is 2. The number of phenols is 2. The molecule has 1 amide bonds. The Labute approximate surface area is 192 Å². The number of carbonyl (C=O) groups excluding carboxylic acids is 2. The Morgan fingerprint density at radius 1 is 0.939 bits per heavy atom. The second kappa shape index (κ2) is 9.17. The van der Waals surface area contributed by atoms with Gasteiger partial charge in [-0.1, -0.05) is 54.6 Å². The van der Waals surface area contributed by atoms with Crippen molar-refractivity contribution in [2.24, 2.45) is 0 Å². The maximum Gasteiger partial charge on any atom is 0.217 e. The van der Waals surface area contributed by atoms with Crippen LogP contribution in [-0.4, -0.2) is 28.4 Å². The lowest BCUT2D eigenvalue weighted by Gasteiger charge is -2.20. The quantitative estimate of drug-likeness (QED) is 0.278. The van der Waals surface area contributed by atoms with Crippen molar-refractivity contribution in [3.8, 4) is 22.6 Å². The molecule has 0 aliphatic carbocycles. The molecule has 0 aromatic heterocycles. The van der Waals surface area contributed by atoms with Gasteiger partial charge in [0.25, 0.3) is 0 Å². The number of fused-ring (bicyclic) bond motifs is 2. The van der Waals surface area contributed by atoms with Gasteiger partial charge in [0.2, 0.25) is 5.91 Å². The molecular formula is C28H25NO4. The van der Waals surface area contributed by atoms with Crippen LogP contribution in [0.2, 0.25) is 0 Å². The zero-order valence-corrected chi connectivity index (χ0v) is 18.3. The highest BCUT2D eigenvalue weighted by atomic mass is 16.3. The number of benzene rings is 4. The summed E-state index contributed by atoms with van der Waals surface area (Å²) in [6, 6.07) is 18.3. The molecular weight excluding hydrogens is 414 g/mol. The van der Waals surface area contributed by atoms with E-state index in [0.29, 0.717) is 35.0 Å². The van der Waals surface area contributed by atoms with E-state index in [1.165, 1.54) is 6.92 Å². The van der Waals surface area contributed by atoms with Gasteiger partial charge in [-0.3, -0.25) is 4.79 Å². The zero-order valence-electron chi connectivity index (χ0n) is 18.3. The molecule has 0 aliphatic rings. The number of hydrogen-bond donors (Lipinski definition) is 3. The first kappa shape index (κ1) is 22.1. The third-order valence-corrected chi connectivity index (χ3v) is 5.81. The van der Waals surface area contributed by atoms with Gasteiger partial charge in [0, 0.05) is 24.5 Å². The molecule has 5 heteroatoms. The monoisotopic (exact) mass is 439 g/mol. The van der Waals surface area contributed by atoms with Gasteiger partial charge in [0.05, 0.1) is 6.04 Å². The molecule has 0 saturated carbocycles. The SMILES string of the molecule is C=CCc1cc2ccccc2c(-c2c(O)c(CC(C=O)NC(C)=O)cc3ccccc23)c1O. The number of allylic oxidation sites excluding steroid dienone is 1. The maximum absolute atomic E-state index is 11.6. The number of aldehydes is 1. The molecule has 0 bridgehead atoms. The minimum atomic E-state index is -0.778. The second-order valence-corrected chi connectivity index (χ2v) is 8.10. The number of amides is 1. The van der Waals surface area contributed by atoms with Crippen LogP contribution in [0.4, 0.5) is 0 Å². The predicted molar refractivity (Wildman–Crippen MR) is 131 cm³/mol. The first-order valence-corrected chi connectivity index (χ1v) is 10.8. The molecule has 0 fully saturated rings. The first-order chi connectivity index (χ1) is 15.9. The Balaban J connectivity index is 2.06. The minimum absolute atomic E-state index is 0.0258. The molecule has 4 aromatic rings. The summed E-state index contributed by atoms with van der Waals surface area (Å²) in [4.78, 5) is 23.1. The number of aromatic hydroxyl groups is 2. The second-order valence-electron chi connectivity index (χ2n) is 8.10. The fourth-order valence-corrected chi connectivity index (χ4v) is 4.39. The standard InChI is InChI=1S/C28H25NO4/c1-3-8-20-13-18-9-4-6-11-23(18)25(27(20)32)26-24-12-7-5-10-19(24)14-21(28(26)33)15-22(16-30)29-17(2)31/h3-7,9-14,16,22,32-33H,1,8,15H2,2H3,(H,29,31). The molecule has 0 saturated heterocycles. The third kappa shape index (κ3) is 4.17. The van der Waals surface area contributed by atoms with Crippen molar-refractivity contribution in [1.82, 2.24) is 5.32 Å². The fraction of sp³-hybridized carbons (Fsp3) is 0.143. The molecule has 0 radical (unpaired) electrons. The Morgan fingerprint density at radius 2 is 1.45 bits per heavy atom. The molecule has 4 aromatic carbocycles. The number of rotatable bonds is 7. The zero-order chi connectivity index (χ0) is 23.5. The fourth-order valence-electron chi connectivity index (χ4n) is 4.39. The smallest absolute Gasteiger partial charge is 0.217 e. The van der Waals surface area contributed by atoms with E-state index in [2.05, 4.69) is 11.9 Å². The van der Waals surface area contributed by atoms with E-state index in [4.69, 9.17) is 0 Å². The first-order valence-electron chi connectivity index (χ1n) is 10.8. The molecule has 4 rings (SSSR count). The number of hydrogen-bond acceptors (Lipinski definition) is 4.